The topological polar surface area (TPSA) is 55.1 Å². The molecule has 4 atom stereocenters. The van der Waals surface area contributed by atoms with Gasteiger partial charge in [0.05, 0.1) is 0 Å². The van der Waals surface area contributed by atoms with Crippen LogP contribution in [0.3, 0.4) is 0 Å². The normalized spacial score (nSPS) is 38.2. The molecular weight excluding hydrogens is 236 g/mol. The molecule has 1 aromatic rings. The molecule has 3 aliphatic carbocycles. The predicted octanol–water partition coefficient (Wildman–Crippen LogP) is 1.92. The van der Waals surface area contributed by atoms with Crippen LogP contribution in [0.2, 0.25) is 0 Å². The Hall–Kier alpha value is -1.35. The fraction of sp³-hybridized carbons (Fsp3) is 0.562. The van der Waals surface area contributed by atoms with E-state index in [1.807, 2.05) is 24.3 Å². The van der Waals surface area contributed by atoms with E-state index in [2.05, 4.69) is 5.32 Å². The first kappa shape index (κ1) is 11.5. The molecule has 0 heterocycles. The summed E-state index contributed by atoms with van der Waals surface area (Å²) in [4.78, 5) is 11.4. The van der Waals surface area contributed by atoms with Crippen molar-refractivity contribution < 1.29 is 4.79 Å². The molecule has 0 saturated heterocycles. The molecule has 0 radical (unpaired) electrons. The smallest absolute Gasteiger partial charge is 0.249 e. The van der Waals surface area contributed by atoms with Crippen molar-refractivity contribution in [3.05, 3.63) is 35.4 Å². The van der Waals surface area contributed by atoms with E-state index in [1.54, 1.807) is 0 Å². The molecule has 100 valence electrons. The Morgan fingerprint density at radius 2 is 1.89 bits per heavy atom. The van der Waals surface area contributed by atoms with Gasteiger partial charge in [-0.2, -0.15) is 0 Å². The van der Waals surface area contributed by atoms with Gasteiger partial charge in [-0.25, -0.2) is 0 Å². The molecule has 0 aromatic heterocycles. The summed E-state index contributed by atoms with van der Waals surface area (Å²) in [6, 6.07) is 8.36. The van der Waals surface area contributed by atoms with E-state index in [-0.39, 0.29) is 5.91 Å². The lowest BCUT2D eigenvalue weighted by molar-refractivity contribution is 0.0999. The average molecular weight is 256 g/mol. The van der Waals surface area contributed by atoms with Crippen LogP contribution in [0, 0.1) is 23.7 Å². The second-order valence-corrected chi connectivity index (χ2v) is 6.42. The minimum absolute atomic E-state index is 0.325. The fourth-order valence-electron chi connectivity index (χ4n) is 4.74. The van der Waals surface area contributed by atoms with Gasteiger partial charge in [-0.1, -0.05) is 18.2 Å². The standard InChI is InChI=1S/C16H20N2O/c17-16(19)12-4-2-1-3-11(12)8-18-15-13-9-5-6-10(7-9)14(13)15/h1-4,9-10,13-15,18H,5-8H2,(H2,17,19). The molecule has 3 saturated carbocycles. The van der Waals surface area contributed by atoms with E-state index in [0.717, 1.165) is 35.8 Å². The maximum Gasteiger partial charge on any atom is 0.249 e. The van der Waals surface area contributed by atoms with Crippen molar-refractivity contribution in [1.29, 1.82) is 0 Å². The highest BCUT2D eigenvalue weighted by atomic mass is 16.1. The van der Waals surface area contributed by atoms with Gasteiger partial charge in [-0.15, -0.1) is 0 Å². The highest BCUT2D eigenvalue weighted by Crippen LogP contribution is 2.65. The predicted molar refractivity (Wildman–Crippen MR) is 73.4 cm³/mol. The van der Waals surface area contributed by atoms with Gasteiger partial charge < -0.3 is 11.1 Å². The molecule has 3 N–H and O–H groups in total. The number of hydrogen-bond acceptors (Lipinski definition) is 2. The van der Waals surface area contributed by atoms with Gasteiger partial charge in [-0.3, -0.25) is 4.79 Å². The molecule has 1 amide bonds. The molecule has 2 bridgehead atoms. The Labute approximate surface area is 113 Å². The van der Waals surface area contributed by atoms with Crippen molar-refractivity contribution in [3.8, 4) is 0 Å². The van der Waals surface area contributed by atoms with Crippen LogP contribution in [-0.2, 0) is 6.54 Å². The summed E-state index contributed by atoms with van der Waals surface area (Å²) in [7, 11) is 0. The van der Waals surface area contributed by atoms with E-state index in [9.17, 15) is 4.79 Å². The van der Waals surface area contributed by atoms with Crippen molar-refractivity contribution in [1.82, 2.24) is 5.32 Å². The van der Waals surface area contributed by atoms with Crippen molar-refractivity contribution in [2.24, 2.45) is 29.4 Å². The molecular formula is C16H20N2O. The zero-order valence-corrected chi connectivity index (χ0v) is 11.0. The second kappa shape index (κ2) is 4.07. The second-order valence-electron chi connectivity index (χ2n) is 6.42. The maximum absolute atomic E-state index is 11.4. The van der Waals surface area contributed by atoms with Gasteiger partial charge in [0.25, 0.3) is 0 Å². The van der Waals surface area contributed by atoms with Gasteiger partial charge in [-0.05, 0) is 54.6 Å². The van der Waals surface area contributed by atoms with Crippen LogP contribution in [0.5, 0.6) is 0 Å². The summed E-state index contributed by atoms with van der Waals surface area (Å²) >= 11 is 0. The Kier molecular flexibility index (Phi) is 2.46. The SMILES string of the molecule is NC(=O)c1ccccc1CNC1C2C3CCC(C3)C12. The van der Waals surface area contributed by atoms with Crippen LogP contribution < -0.4 is 11.1 Å². The van der Waals surface area contributed by atoms with E-state index in [0.29, 0.717) is 11.6 Å². The minimum Gasteiger partial charge on any atom is -0.366 e. The van der Waals surface area contributed by atoms with Crippen LogP contribution in [0.4, 0.5) is 0 Å². The van der Waals surface area contributed by atoms with Gasteiger partial charge in [0, 0.05) is 18.2 Å². The lowest BCUT2D eigenvalue weighted by Crippen LogP contribution is -2.24. The number of hydrogen-bond donors (Lipinski definition) is 2. The van der Waals surface area contributed by atoms with Gasteiger partial charge >= 0.3 is 0 Å². The summed E-state index contributed by atoms with van der Waals surface area (Å²) in [5, 5.41) is 3.66. The van der Waals surface area contributed by atoms with Crippen LogP contribution in [0.15, 0.2) is 24.3 Å². The Balaban J connectivity index is 1.43. The molecule has 19 heavy (non-hydrogen) atoms. The summed E-state index contributed by atoms with van der Waals surface area (Å²) in [5.74, 6) is 3.50. The highest BCUT2D eigenvalue weighted by molar-refractivity contribution is 5.94. The third kappa shape index (κ3) is 1.71. The van der Waals surface area contributed by atoms with E-state index in [1.165, 1.54) is 19.3 Å². The maximum atomic E-state index is 11.4. The van der Waals surface area contributed by atoms with Gasteiger partial charge in [0.2, 0.25) is 5.91 Å². The molecule has 3 fully saturated rings. The van der Waals surface area contributed by atoms with Crippen LogP contribution in [-0.4, -0.2) is 11.9 Å². The molecule has 3 nitrogen and oxygen atoms in total. The summed E-state index contributed by atoms with van der Waals surface area (Å²) in [5.41, 5.74) is 7.11. The molecule has 4 unspecified atom stereocenters. The number of carbonyl (C=O) groups is 1. The first-order valence-electron chi connectivity index (χ1n) is 7.37. The third-order valence-electron chi connectivity index (χ3n) is 5.55. The largest absolute Gasteiger partial charge is 0.366 e. The number of nitrogens with one attached hydrogen (secondary N) is 1. The van der Waals surface area contributed by atoms with E-state index < -0.39 is 0 Å². The highest BCUT2D eigenvalue weighted by Gasteiger charge is 2.64. The zero-order valence-electron chi connectivity index (χ0n) is 11.0. The number of benzene rings is 1. The number of nitrogens with two attached hydrogens (primary N) is 1. The Morgan fingerprint density at radius 3 is 2.58 bits per heavy atom. The monoisotopic (exact) mass is 256 g/mol. The Bertz CT molecular complexity index is 511. The minimum atomic E-state index is -0.325. The summed E-state index contributed by atoms with van der Waals surface area (Å²) < 4.78 is 0. The van der Waals surface area contributed by atoms with Gasteiger partial charge in [0.15, 0.2) is 0 Å². The zero-order chi connectivity index (χ0) is 13.0. The number of rotatable bonds is 4. The van der Waals surface area contributed by atoms with Gasteiger partial charge in [0.1, 0.15) is 0 Å². The van der Waals surface area contributed by atoms with Crippen molar-refractivity contribution in [2.75, 3.05) is 0 Å². The lowest BCUT2D eigenvalue weighted by Gasteiger charge is -2.12. The Morgan fingerprint density at radius 1 is 1.21 bits per heavy atom. The quantitative estimate of drug-likeness (QED) is 0.864. The molecule has 4 rings (SSSR count). The number of carbonyl (C=O) groups excluding carboxylic acids is 1. The molecule has 1 aromatic carbocycles. The lowest BCUT2D eigenvalue weighted by atomic mass is 10.0. The fourth-order valence-corrected chi connectivity index (χ4v) is 4.74. The summed E-state index contributed by atoms with van der Waals surface area (Å²) in [6.45, 7) is 0.774. The molecule has 0 spiro atoms. The van der Waals surface area contributed by atoms with Crippen molar-refractivity contribution in [3.63, 3.8) is 0 Å². The van der Waals surface area contributed by atoms with Crippen molar-refractivity contribution in [2.45, 2.75) is 31.8 Å². The number of amides is 1. The number of primary amides is 1. The molecule has 0 aliphatic heterocycles. The van der Waals surface area contributed by atoms with Crippen LogP contribution >= 0.6 is 0 Å². The van der Waals surface area contributed by atoms with Crippen molar-refractivity contribution >= 4 is 5.91 Å². The third-order valence-corrected chi connectivity index (χ3v) is 5.55. The first-order valence-corrected chi connectivity index (χ1v) is 7.37. The average Bonchev–Trinajstić information content (AvgIpc) is 2.80. The summed E-state index contributed by atoms with van der Waals surface area (Å²) in [6.07, 6.45) is 4.37. The van der Waals surface area contributed by atoms with E-state index >= 15 is 0 Å². The van der Waals surface area contributed by atoms with E-state index in [4.69, 9.17) is 5.73 Å². The molecule has 3 heteroatoms. The van der Waals surface area contributed by atoms with Crippen LogP contribution in [0.1, 0.15) is 35.2 Å². The first-order chi connectivity index (χ1) is 9.25. The molecule has 3 aliphatic rings. The van der Waals surface area contributed by atoms with Crippen LogP contribution in [0.25, 0.3) is 0 Å². The number of fused-ring (bicyclic) bond motifs is 5.